The molecule has 2 N–H and O–H groups in total. The van der Waals surface area contributed by atoms with Crippen LogP contribution in [0.5, 0.6) is 0 Å². The van der Waals surface area contributed by atoms with E-state index in [4.69, 9.17) is 5.21 Å². The van der Waals surface area contributed by atoms with Crippen LogP contribution in [0.2, 0.25) is 0 Å². The lowest BCUT2D eigenvalue weighted by Gasteiger charge is -2.01. The molecule has 74 valence electrons. The smallest absolute Gasteiger partial charge is 0.148 e. The van der Waals surface area contributed by atoms with E-state index in [1.54, 1.807) is 25.1 Å². The average Bonchev–Trinajstić information content (AvgIpc) is 2.17. The van der Waals surface area contributed by atoms with E-state index in [2.05, 4.69) is 15.7 Å². The van der Waals surface area contributed by atoms with Crippen LogP contribution in [-0.2, 0) is 0 Å². The molecule has 4 nitrogen and oxygen atoms in total. The number of hydrogen-bond donors (Lipinski definition) is 2. The van der Waals surface area contributed by atoms with Crippen LogP contribution in [0.25, 0.3) is 0 Å². The molecule has 1 rings (SSSR count). The first-order valence-corrected chi connectivity index (χ1v) is 3.96. The van der Waals surface area contributed by atoms with E-state index in [0.29, 0.717) is 5.71 Å². The number of nitrogens with zero attached hydrogens (tertiary/aromatic N) is 2. The second-order valence-electron chi connectivity index (χ2n) is 2.59. The molecule has 0 aliphatic rings. The van der Waals surface area contributed by atoms with E-state index < -0.39 is 0 Å². The molecule has 5 heteroatoms. The predicted molar refractivity (Wildman–Crippen MR) is 53.4 cm³/mol. The first kappa shape index (κ1) is 10.2. The third-order valence-corrected chi connectivity index (χ3v) is 1.47. The maximum absolute atomic E-state index is 13.0. The normalized spacial score (nSPS) is 12.0. The molecule has 0 bridgehead atoms. The summed E-state index contributed by atoms with van der Waals surface area (Å²) in [4.78, 5) is 0. The molecule has 0 aliphatic carbocycles. The van der Waals surface area contributed by atoms with Gasteiger partial charge in [0, 0.05) is 0 Å². The highest BCUT2D eigenvalue weighted by Crippen LogP contribution is 2.11. The quantitative estimate of drug-likeness (QED) is 0.440. The van der Waals surface area contributed by atoms with Gasteiger partial charge >= 0.3 is 0 Å². The van der Waals surface area contributed by atoms with Crippen LogP contribution in [0.15, 0.2) is 34.5 Å². The fourth-order valence-electron chi connectivity index (χ4n) is 0.813. The van der Waals surface area contributed by atoms with Crippen molar-refractivity contribution in [1.29, 1.82) is 0 Å². The molecular formula is C9H10FN3O. The molecule has 0 heterocycles. The molecule has 0 radical (unpaired) electrons. The monoisotopic (exact) mass is 195 g/mol. The fourth-order valence-corrected chi connectivity index (χ4v) is 0.813. The van der Waals surface area contributed by atoms with Gasteiger partial charge in [-0.05, 0) is 19.1 Å². The summed E-state index contributed by atoms with van der Waals surface area (Å²) < 4.78 is 13.0. The number of anilines is 1. The Kier molecular flexibility index (Phi) is 3.60. The van der Waals surface area contributed by atoms with Crippen LogP contribution >= 0.6 is 0 Å². The Hall–Kier alpha value is -1.91. The molecule has 0 saturated carbocycles. The third-order valence-electron chi connectivity index (χ3n) is 1.47. The molecule has 0 amide bonds. The van der Waals surface area contributed by atoms with Crippen molar-refractivity contribution in [1.82, 2.24) is 0 Å². The van der Waals surface area contributed by atoms with Crippen molar-refractivity contribution in [2.24, 2.45) is 10.3 Å². The van der Waals surface area contributed by atoms with Crippen LogP contribution in [0, 0.1) is 5.82 Å². The molecule has 1 aromatic carbocycles. The first-order valence-electron chi connectivity index (χ1n) is 3.96. The SMILES string of the molecule is CC(/C=N\O)=N/Nc1ccccc1F. The minimum absolute atomic E-state index is 0.276. The summed E-state index contributed by atoms with van der Waals surface area (Å²) in [5.74, 6) is -0.384. The van der Waals surface area contributed by atoms with Crippen molar-refractivity contribution in [2.45, 2.75) is 6.92 Å². The topological polar surface area (TPSA) is 57.0 Å². The molecule has 0 fully saturated rings. The minimum Gasteiger partial charge on any atom is -0.411 e. The van der Waals surface area contributed by atoms with Crippen LogP contribution in [0.3, 0.4) is 0 Å². The summed E-state index contributed by atoms with van der Waals surface area (Å²) in [7, 11) is 0. The zero-order valence-electron chi connectivity index (χ0n) is 7.61. The van der Waals surface area contributed by atoms with Gasteiger partial charge in [0.25, 0.3) is 0 Å². The Morgan fingerprint density at radius 2 is 2.21 bits per heavy atom. The van der Waals surface area contributed by atoms with Crippen molar-refractivity contribution in [2.75, 3.05) is 5.43 Å². The third kappa shape index (κ3) is 2.85. The second-order valence-corrected chi connectivity index (χ2v) is 2.59. The molecule has 0 unspecified atom stereocenters. The summed E-state index contributed by atoms with van der Waals surface area (Å²) in [6.45, 7) is 1.62. The predicted octanol–water partition coefficient (Wildman–Crippen LogP) is 2.07. The number of nitrogens with one attached hydrogen (secondary N) is 1. The Morgan fingerprint density at radius 3 is 2.86 bits per heavy atom. The number of para-hydroxylation sites is 1. The number of oxime groups is 1. The first-order chi connectivity index (χ1) is 6.74. The van der Waals surface area contributed by atoms with Gasteiger partial charge in [0.05, 0.1) is 17.6 Å². The molecule has 0 aliphatic heterocycles. The van der Waals surface area contributed by atoms with Crippen molar-refractivity contribution in [3.05, 3.63) is 30.1 Å². The Balaban J connectivity index is 2.71. The summed E-state index contributed by atoms with van der Waals surface area (Å²) in [6, 6.07) is 6.16. The molecule has 0 spiro atoms. The van der Waals surface area contributed by atoms with Gasteiger partial charge in [-0.15, -0.1) is 0 Å². The van der Waals surface area contributed by atoms with Gasteiger partial charge in [-0.1, -0.05) is 17.3 Å². The summed E-state index contributed by atoms with van der Waals surface area (Å²) in [5.41, 5.74) is 3.22. The van der Waals surface area contributed by atoms with Crippen LogP contribution < -0.4 is 5.43 Å². The lowest BCUT2D eigenvalue weighted by Crippen LogP contribution is -1.99. The lowest BCUT2D eigenvalue weighted by atomic mass is 10.3. The number of halogens is 1. The van der Waals surface area contributed by atoms with Crippen LogP contribution in [-0.4, -0.2) is 17.1 Å². The summed E-state index contributed by atoms with van der Waals surface area (Å²) in [6.07, 6.45) is 1.15. The highest BCUT2D eigenvalue weighted by Gasteiger charge is 1.97. The number of benzene rings is 1. The van der Waals surface area contributed by atoms with Crippen LogP contribution in [0.1, 0.15) is 6.92 Å². The van der Waals surface area contributed by atoms with Gasteiger partial charge in [-0.3, -0.25) is 5.43 Å². The number of hydrogen-bond acceptors (Lipinski definition) is 4. The van der Waals surface area contributed by atoms with Gasteiger partial charge in [0.1, 0.15) is 5.82 Å². The van der Waals surface area contributed by atoms with E-state index in [1.165, 1.54) is 6.07 Å². The van der Waals surface area contributed by atoms with Crippen LogP contribution in [0.4, 0.5) is 10.1 Å². The number of hydrazone groups is 1. The van der Waals surface area contributed by atoms with E-state index in [-0.39, 0.29) is 11.5 Å². The van der Waals surface area contributed by atoms with Crippen molar-refractivity contribution in [3.63, 3.8) is 0 Å². The maximum atomic E-state index is 13.0. The molecule has 1 aromatic rings. The standard InChI is InChI=1S/C9H10FN3O/c1-7(6-11-14)12-13-9-5-3-2-4-8(9)10/h2-6,13-14H,1H3/b11-6-,12-7-. The average molecular weight is 195 g/mol. The highest BCUT2D eigenvalue weighted by molar-refractivity contribution is 6.29. The molecule has 0 saturated heterocycles. The van der Waals surface area contributed by atoms with E-state index >= 15 is 0 Å². The van der Waals surface area contributed by atoms with E-state index in [9.17, 15) is 4.39 Å². The van der Waals surface area contributed by atoms with E-state index in [1.807, 2.05) is 0 Å². The maximum Gasteiger partial charge on any atom is 0.148 e. The van der Waals surface area contributed by atoms with Gasteiger partial charge < -0.3 is 5.21 Å². The summed E-state index contributed by atoms with van der Waals surface area (Å²) >= 11 is 0. The zero-order valence-corrected chi connectivity index (χ0v) is 7.61. The molecular weight excluding hydrogens is 185 g/mol. The van der Waals surface area contributed by atoms with Gasteiger partial charge in [0.2, 0.25) is 0 Å². The largest absolute Gasteiger partial charge is 0.411 e. The fraction of sp³-hybridized carbons (Fsp3) is 0.111. The Labute approximate surface area is 80.8 Å². The zero-order chi connectivity index (χ0) is 10.4. The van der Waals surface area contributed by atoms with Gasteiger partial charge in [-0.2, -0.15) is 5.10 Å². The van der Waals surface area contributed by atoms with Crippen molar-refractivity contribution >= 4 is 17.6 Å². The Morgan fingerprint density at radius 1 is 1.50 bits per heavy atom. The lowest BCUT2D eigenvalue weighted by molar-refractivity contribution is 0.322. The van der Waals surface area contributed by atoms with Gasteiger partial charge in [0.15, 0.2) is 0 Å². The molecule has 14 heavy (non-hydrogen) atoms. The summed E-state index contributed by atoms with van der Waals surface area (Å²) in [5, 5.41) is 14.7. The minimum atomic E-state index is -0.384. The van der Waals surface area contributed by atoms with Crippen molar-refractivity contribution in [3.8, 4) is 0 Å². The van der Waals surface area contributed by atoms with Gasteiger partial charge in [-0.25, -0.2) is 4.39 Å². The number of rotatable bonds is 3. The Bertz CT molecular complexity index is 363. The second kappa shape index (κ2) is 4.96. The van der Waals surface area contributed by atoms with E-state index in [0.717, 1.165) is 6.21 Å². The molecule has 0 aromatic heterocycles. The van der Waals surface area contributed by atoms with Crippen molar-refractivity contribution < 1.29 is 9.60 Å². The highest BCUT2D eigenvalue weighted by atomic mass is 19.1. The molecule has 0 atom stereocenters.